The zero-order valence-corrected chi connectivity index (χ0v) is 11.9. The highest BCUT2D eigenvalue weighted by Crippen LogP contribution is 2.17. The van der Waals surface area contributed by atoms with Crippen LogP contribution in [0.3, 0.4) is 0 Å². The maximum atomic E-state index is 11.9. The van der Waals surface area contributed by atoms with E-state index in [9.17, 15) is 4.79 Å². The normalized spacial score (nSPS) is 11.5. The number of amides is 1. The van der Waals surface area contributed by atoms with Gasteiger partial charge >= 0.3 is 0 Å². The molecule has 1 atom stereocenters. The fourth-order valence-electron chi connectivity index (χ4n) is 1.57. The summed E-state index contributed by atoms with van der Waals surface area (Å²) < 4.78 is 5.39. The Balaban J connectivity index is 2.51. The van der Waals surface area contributed by atoms with E-state index in [4.69, 9.17) is 21.6 Å². The van der Waals surface area contributed by atoms with Crippen molar-refractivity contribution in [2.45, 2.75) is 13.8 Å². The van der Waals surface area contributed by atoms with Crippen LogP contribution in [-0.4, -0.2) is 30.5 Å². The van der Waals surface area contributed by atoms with Gasteiger partial charge in [0, 0.05) is 18.1 Å². The molecule has 0 spiro atoms. The first kappa shape index (κ1) is 15.3. The molecule has 0 fully saturated rings. The van der Waals surface area contributed by atoms with Crippen LogP contribution in [0.15, 0.2) is 24.3 Å². The molecule has 0 aliphatic rings. The zero-order valence-electron chi connectivity index (χ0n) is 11.1. The van der Waals surface area contributed by atoms with Crippen LogP contribution in [-0.2, 0) is 4.79 Å². The molecule has 0 saturated carbocycles. The van der Waals surface area contributed by atoms with Gasteiger partial charge in [-0.1, -0.05) is 17.7 Å². The van der Waals surface area contributed by atoms with Crippen LogP contribution in [0.25, 0.3) is 0 Å². The molecule has 1 unspecified atom stereocenters. The molecule has 0 heterocycles. The number of rotatable bonds is 6. The van der Waals surface area contributed by atoms with Crippen LogP contribution in [0.2, 0.25) is 5.02 Å². The van der Waals surface area contributed by atoms with Gasteiger partial charge in [0.25, 0.3) is 5.91 Å². The molecule has 1 aromatic rings. The molecule has 0 N–H and O–H groups in total. The van der Waals surface area contributed by atoms with E-state index in [1.165, 1.54) is 0 Å². The molecule has 19 heavy (non-hydrogen) atoms. The highest BCUT2D eigenvalue weighted by Gasteiger charge is 2.15. The predicted octanol–water partition coefficient (Wildman–Crippen LogP) is 2.73. The number of benzene rings is 1. The Morgan fingerprint density at radius 2 is 2.32 bits per heavy atom. The third-order valence-electron chi connectivity index (χ3n) is 2.61. The van der Waals surface area contributed by atoms with Gasteiger partial charge in [-0.2, -0.15) is 5.26 Å². The van der Waals surface area contributed by atoms with Gasteiger partial charge in [-0.15, -0.1) is 0 Å². The lowest BCUT2D eigenvalue weighted by molar-refractivity contribution is -0.133. The standard InChI is InChI=1S/C14H17ClN2O2/c1-3-17(9-11(2)8-16)14(18)10-19-13-6-4-5-12(15)7-13/h4-7,11H,3,9-10H2,1-2H3. The topological polar surface area (TPSA) is 53.3 Å². The average Bonchev–Trinajstić information content (AvgIpc) is 2.41. The summed E-state index contributed by atoms with van der Waals surface area (Å²) in [7, 11) is 0. The van der Waals surface area contributed by atoms with Crippen molar-refractivity contribution in [3.63, 3.8) is 0 Å². The lowest BCUT2D eigenvalue weighted by atomic mass is 10.2. The van der Waals surface area contributed by atoms with Crippen LogP contribution in [0.5, 0.6) is 5.75 Å². The van der Waals surface area contributed by atoms with E-state index in [1.54, 1.807) is 36.1 Å². The second-order valence-corrected chi connectivity index (χ2v) is 4.65. The van der Waals surface area contributed by atoms with Crippen molar-refractivity contribution in [1.29, 1.82) is 5.26 Å². The Morgan fingerprint density at radius 3 is 2.89 bits per heavy atom. The van der Waals surface area contributed by atoms with Crippen molar-refractivity contribution in [1.82, 2.24) is 4.90 Å². The molecular weight excluding hydrogens is 264 g/mol. The molecule has 1 amide bonds. The second-order valence-electron chi connectivity index (χ2n) is 4.21. The minimum atomic E-state index is -0.185. The first-order valence-electron chi connectivity index (χ1n) is 6.12. The van der Waals surface area contributed by atoms with Gasteiger partial charge in [0.2, 0.25) is 0 Å². The van der Waals surface area contributed by atoms with Crippen LogP contribution >= 0.6 is 11.6 Å². The van der Waals surface area contributed by atoms with E-state index in [0.29, 0.717) is 23.9 Å². The maximum absolute atomic E-state index is 11.9. The van der Waals surface area contributed by atoms with Gasteiger partial charge < -0.3 is 9.64 Å². The summed E-state index contributed by atoms with van der Waals surface area (Å²) in [5.74, 6) is 0.241. The number of hydrogen-bond donors (Lipinski definition) is 0. The number of carbonyl (C=O) groups is 1. The van der Waals surface area contributed by atoms with Gasteiger partial charge in [0.1, 0.15) is 5.75 Å². The van der Waals surface area contributed by atoms with E-state index >= 15 is 0 Å². The number of carbonyl (C=O) groups excluding carboxylic acids is 1. The summed E-state index contributed by atoms with van der Waals surface area (Å²) in [5, 5.41) is 9.33. The summed E-state index contributed by atoms with van der Waals surface area (Å²) in [6.45, 7) is 4.59. The smallest absolute Gasteiger partial charge is 0.260 e. The fourth-order valence-corrected chi connectivity index (χ4v) is 1.75. The lowest BCUT2D eigenvalue weighted by Gasteiger charge is -2.22. The number of nitrogens with zero attached hydrogens (tertiary/aromatic N) is 2. The number of hydrogen-bond acceptors (Lipinski definition) is 3. The molecule has 0 bridgehead atoms. The summed E-state index contributed by atoms with van der Waals surface area (Å²) in [5.41, 5.74) is 0. The third kappa shape index (κ3) is 5.19. The van der Waals surface area contributed by atoms with Gasteiger partial charge in [0.15, 0.2) is 6.61 Å². The van der Waals surface area contributed by atoms with Crippen LogP contribution in [0.4, 0.5) is 0 Å². The Morgan fingerprint density at radius 1 is 1.58 bits per heavy atom. The predicted molar refractivity (Wildman–Crippen MR) is 74.0 cm³/mol. The van der Waals surface area contributed by atoms with Crippen molar-refractivity contribution < 1.29 is 9.53 Å². The SMILES string of the molecule is CCN(CC(C)C#N)C(=O)COc1cccc(Cl)c1. The minimum Gasteiger partial charge on any atom is -0.484 e. The number of nitriles is 1. The Labute approximate surface area is 118 Å². The molecule has 0 aromatic heterocycles. The van der Waals surface area contributed by atoms with Crippen LogP contribution < -0.4 is 4.74 Å². The van der Waals surface area contributed by atoms with E-state index in [0.717, 1.165) is 0 Å². The Kier molecular flexibility index (Phi) is 6.17. The number of likely N-dealkylation sites (N-methyl/N-ethyl adjacent to an activating group) is 1. The lowest BCUT2D eigenvalue weighted by Crippen LogP contribution is -2.37. The molecule has 4 nitrogen and oxygen atoms in total. The van der Waals surface area contributed by atoms with Crippen LogP contribution in [0, 0.1) is 17.2 Å². The average molecular weight is 281 g/mol. The Bertz CT molecular complexity index is 471. The highest BCUT2D eigenvalue weighted by atomic mass is 35.5. The van der Waals surface area contributed by atoms with Crippen molar-refractivity contribution >= 4 is 17.5 Å². The van der Waals surface area contributed by atoms with E-state index < -0.39 is 0 Å². The summed E-state index contributed by atoms with van der Waals surface area (Å²) in [6.07, 6.45) is 0. The highest BCUT2D eigenvalue weighted by molar-refractivity contribution is 6.30. The van der Waals surface area contributed by atoms with Crippen molar-refractivity contribution in [2.24, 2.45) is 5.92 Å². The zero-order chi connectivity index (χ0) is 14.3. The van der Waals surface area contributed by atoms with E-state index in [2.05, 4.69) is 6.07 Å². The number of halogens is 1. The van der Waals surface area contributed by atoms with Gasteiger partial charge in [-0.05, 0) is 32.0 Å². The molecule has 102 valence electrons. The minimum absolute atomic E-state index is 0.0493. The molecule has 5 heteroatoms. The first-order chi connectivity index (χ1) is 9.06. The van der Waals surface area contributed by atoms with Gasteiger partial charge in [0.05, 0.1) is 12.0 Å². The fraction of sp³-hybridized carbons (Fsp3) is 0.429. The number of ether oxygens (including phenoxy) is 1. The molecule has 1 aromatic carbocycles. The van der Waals surface area contributed by atoms with E-state index in [-0.39, 0.29) is 18.4 Å². The monoisotopic (exact) mass is 280 g/mol. The summed E-state index contributed by atoms with van der Waals surface area (Å²) in [6, 6.07) is 9.01. The van der Waals surface area contributed by atoms with Crippen LogP contribution in [0.1, 0.15) is 13.8 Å². The summed E-state index contributed by atoms with van der Waals surface area (Å²) in [4.78, 5) is 13.6. The second kappa shape index (κ2) is 7.65. The first-order valence-corrected chi connectivity index (χ1v) is 6.50. The molecule has 0 aliphatic heterocycles. The van der Waals surface area contributed by atoms with Gasteiger partial charge in [-0.3, -0.25) is 4.79 Å². The van der Waals surface area contributed by atoms with Gasteiger partial charge in [-0.25, -0.2) is 0 Å². The summed E-state index contributed by atoms with van der Waals surface area (Å²) >= 11 is 5.83. The largest absolute Gasteiger partial charge is 0.484 e. The Hall–Kier alpha value is -1.73. The molecule has 0 aliphatic carbocycles. The quantitative estimate of drug-likeness (QED) is 0.805. The molecule has 0 radical (unpaired) electrons. The van der Waals surface area contributed by atoms with Crippen molar-refractivity contribution in [2.75, 3.05) is 19.7 Å². The third-order valence-corrected chi connectivity index (χ3v) is 2.84. The molecular formula is C14H17ClN2O2. The van der Waals surface area contributed by atoms with Crippen molar-refractivity contribution in [3.8, 4) is 11.8 Å². The van der Waals surface area contributed by atoms with E-state index in [1.807, 2.05) is 6.92 Å². The van der Waals surface area contributed by atoms with Crippen molar-refractivity contribution in [3.05, 3.63) is 29.3 Å². The maximum Gasteiger partial charge on any atom is 0.260 e. The molecule has 0 saturated heterocycles. The molecule has 1 rings (SSSR count).